The highest BCUT2D eigenvalue weighted by Gasteiger charge is 2.22. The summed E-state index contributed by atoms with van der Waals surface area (Å²) in [4.78, 5) is 12.8. The van der Waals surface area contributed by atoms with Gasteiger partial charge in [0.15, 0.2) is 0 Å². The van der Waals surface area contributed by atoms with Crippen molar-refractivity contribution in [1.29, 1.82) is 0 Å². The molecule has 0 fully saturated rings. The number of carbonyl (C=O) groups excluding carboxylic acids is 1. The van der Waals surface area contributed by atoms with Gasteiger partial charge in [-0.1, -0.05) is 17.3 Å². The van der Waals surface area contributed by atoms with Gasteiger partial charge in [-0.25, -0.2) is 13.1 Å². The Morgan fingerprint density at radius 2 is 1.81 bits per heavy atom. The maximum atomic E-state index is 12.7. The number of rotatable bonds is 7. The van der Waals surface area contributed by atoms with Crippen LogP contribution in [0.4, 0.5) is 5.69 Å². The van der Waals surface area contributed by atoms with Crippen molar-refractivity contribution in [2.45, 2.75) is 51.7 Å². The van der Waals surface area contributed by atoms with E-state index in [-0.39, 0.29) is 17.4 Å². The van der Waals surface area contributed by atoms with Crippen LogP contribution in [-0.2, 0) is 16.6 Å². The first-order valence-electron chi connectivity index (χ1n) is 10.0. The predicted octanol–water partition coefficient (Wildman–Crippen LogP) is 4.20. The smallest absolute Gasteiger partial charge is 0.255 e. The first-order chi connectivity index (χ1) is 14.9. The zero-order valence-corrected chi connectivity index (χ0v) is 19.5. The average molecular weight is 458 g/mol. The van der Waals surface area contributed by atoms with Crippen molar-refractivity contribution < 1.29 is 22.5 Å². The molecule has 0 spiro atoms. The van der Waals surface area contributed by atoms with E-state index in [1.54, 1.807) is 57.2 Å². The SMILES string of the molecule is Cc1noc(C)c1COc1cccc(C(=O)Nc2cccc(S(=O)(=O)NC(C)(C)C)c2)c1. The fourth-order valence-electron chi connectivity index (χ4n) is 3.00. The summed E-state index contributed by atoms with van der Waals surface area (Å²) in [5, 5.41) is 6.64. The predicted molar refractivity (Wildman–Crippen MR) is 121 cm³/mol. The molecular formula is C23H27N3O5S. The maximum Gasteiger partial charge on any atom is 0.255 e. The molecule has 3 aromatic rings. The minimum atomic E-state index is -3.72. The van der Waals surface area contributed by atoms with E-state index >= 15 is 0 Å². The van der Waals surface area contributed by atoms with Crippen molar-refractivity contribution in [2.24, 2.45) is 0 Å². The van der Waals surface area contributed by atoms with Gasteiger partial charge < -0.3 is 14.6 Å². The van der Waals surface area contributed by atoms with Gasteiger partial charge in [0.25, 0.3) is 5.91 Å². The van der Waals surface area contributed by atoms with Gasteiger partial charge in [0.1, 0.15) is 18.1 Å². The highest BCUT2D eigenvalue weighted by Crippen LogP contribution is 2.21. The number of benzene rings is 2. The summed E-state index contributed by atoms with van der Waals surface area (Å²) in [6.07, 6.45) is 0. The minimum absolute atomic E-state index is 0.0711. The second-order valence-corrected chi connectivity index (χ2v) is 10.1. The number of nitrogens with zero attached hydrogens (tertiary/aromatic N) is 1. The number of hydrogen-bond donors (Lipinski definition) is 2. The lowest BCUT2D eigenvalue weighted by Crippen LogP contribution is -2.40. The van der Waals surface area contributed by atoms with Crippen molar-refractivity contribution in [1.82, 2.24) is 9.88 Å². The Morgan fingerprint density at radius 3 is 2.47 bits per heavy atom. The summed E-state index contributed by atoms with van der Waals surface area (Å²) in [6.45, 7) is 9.20. The molecule has 0 saturated heterocycles. The molecule has 1 amide bonds. The Hall–Kier alpha value is -3.17. The van der Waals surface area contributed by atoms with Gasteiger partial charge in [-0.2, -0.15) is 0 Å². The van der Waals surface area contributed by atoms with Crippen LogP contribution in [0.5, 0.6) is 5.75 Å². The van der Waals surface area contributed by atoms with E-state index in [1.807, 2.05) is 13.8 Å². The van der Waals surface area contributed by atoms with Crippen LogP contribution in [0.1, 0.15) is 48.1 Å². The molecule has 170 valence electrons. The number of amides is 1. The Morgan fingerprint density at radius 1 is 1.09 bits per heavy atom. The quantitative estimate of drug-likeness (QED) is 0.550. The summed E-state index contributed by atoms with van der Waals surface area (Å²) in [5.41, 5.74) is 1.74. The Labute approximate surface area is 188 Å². The number of ether oxygens (including phenoxy) is 1. The minimum Gasteiger partial charge on any atom is -0.489 e. The lowest BCUT2D eigenvalue weighted by atomic mass is 10.1. The van der Waals surface area contributed by atoms with Crippen molar-refractivity contribution in [3.63, 3.8) is 0 Å². The molecule has 2 N–H and O–H groups in total. The third-order valence-corrected chi connectivity index (χ3v) is 6.26. The molecule has 0 aliphatic heterocycles. The largest absolute Gasteiger partial charge is 0.489 e. The zero-order chi connectivity index (χ0) is 23.5. The second-order valence-electron chi connectivity index (χ2n) is 8.46. The standard InChI is InChI=1S/C23H27N3O5S/c1-15-21(16(2)31-25-15)14-30-19-10-6-8-17(12-19)22(27)24-18-9-7-11-20(13-18)32(28,29)26-23(3,4)5/h6-13,26H,14H2,1-5H3,(H,24,27). The number of anilines is 1. The molecule has 3 rings (SSSR count). The number of hydrogen-bond acceptors (Lipinski definition) is 6. The van der Waals surface area contributed by atoms with Crippen molar-refractivity contribution in [3.8, 4) is 5.75 Å². The fourth-order valence-corrected chi connectivity index (χ4v) is 4.46. The number of aromatic nitrogens is 1. The first kappa shape index (κ1) is 23.5. The molecule has 8 nitrogen and oxygen atoms in total. The number of aryl methyl sites for hydroxylation is 2. The summed E-state index contributed by atoms with van der Waals surface area (Å²) in [7, 11) is -3.72. The molecule has 0 bridgehead atoms. The van der Waals surface area contributed by atoms with E-state index in [2.05, 4.69) is 15.2 Å². The van der Waals surface area contributed by atoms with E-state index in [9.17, 15) is 13.2 Å². The molecule has 9 heteroatoms. The van der Waals surface area contributed by atoms with E-state index in [0.717, 1.165) is 11.3 Å². The van der Waals surface area contributed by atoms with Crippen molar-refractivity contribution >= 4 is 21.6 Å². The highest BCUT2D eigenvalue weighted by atomic mass is 32.2. The first-order valence-corrected chi connectivity index (χ1v) is 11.5. The summed E-state index contributed by atoms with van der Waals surface area (Å²) in [6, 6.07) is 12.8. The van der Waals surface area contributed by atoms with Gasteiger partial charge in [0.2, 0.25) is 10.0 Å². The number of carbonyl (C=O) groups is 1. The van der Waals surface area contributed by atoms with Gasteiger partial charge in [-0.3, -0.25) is 4.79 Å². The average Bonchev–Trinajstić information content (AvgIpc) is 3.02. The number of sulfonamides is 1. The lowest BCUT2D eigenvalue weighted by Gasteiger charge is -2.20. The highest BCUT2D eigenvalue weighted by molar-refractivity contribution is 7.89. The van der Waals surface area contributed by atoms with Crippen molar-refractivity contribution in [3.05, 3.63) is 71.1 Å². The third kappa shape index (κ3) is 5.95. The van der Waals surface area contributed by atoms with E-state index in [0.29, 0.717) is 22.8 Å². The van der Waals surface area contributed by atoms with Gasteiger partial charge >= 0.3 is 0 Å². The maximum absolute atomic E-state index is 12.7. The Balaban J connectivity index is 1.72. The van der Waals surface area contributed by atoms with Crippen LogP contribution in [0.3, 0.4) is 0 Å². The molecule has 1 aromatic heterocycles. The van der Waals surface area contributed by atoms with Gasteiger partial charge in [-0.15, -0.1) is 0 Å². The molecule has 0 atom stereocenters. The van der Waals surface area contributed by atoms with Crippen LogP contribution in [0.2, 0.25) is 0 Å². The Kier molecular flexibility index (Phi) is 6.71. The molecule has 0 aliphatic rings. The van der Waals surface area contributed by atoms with Crippen LogP contribution in [0.25, 0.3) is 0 Å². The van der Waals surface area contributed by atoms with Crippen LogP contribution in [0, 0.1) is 13.8 Å². The molecule has 1 heterocycles. The van der Waals surface area contributed by atoms with Crippen LogP contribution in [0.15, 0.2) is 57.9 Å². The van der Waals surface area contributed by atoms with Gasteiger partial charge in [0.05, 0.1) is 16.2 Å². The van der Waals surface area contributed by atoms with Crippen molar-refractivity contribution in [2.75, 3.05) is 5.32 Å². The molecule has 0 unspecified atom stereocenters. The molecule has 0 radical (unpaired) electrons. The van der Waals surface area contributed by atoms with E-state index in [1.165, 1.54) is 12.1 Å². The van der Waals surface area contributed by atoms with Crippen LogP contribution >= 0.6 is 0 Å². The second kappa shape index (κ2) is 9.13. The molecule has 0 saturated carbocycles. The molecule has 32 heavy (non-hydrogen) atoms. The van der Waals surface area contributed by atoms with E-state index in [4.69, 9.17) is 9.26 Å². The van der Waals surface area contributed by atoms with E-state index < -0.39 is 15.6 Å². The zero-order valence-electron chi connectivity index (χ0n) is 18.7. The summed E-state index contributed by atoms with van der Waals surface area (Å²) < 4.78 is 38.7. The molecule has 0 aliphatic carbocycles. The fraction of sp³-hybridized carbons (Fsp3) is 0.304. The van der Waals surface area contributed by atoms with Gasteiger partial charge in [0, 0.05) is 16.8 Å². The van der Waals surface area contributed by atoms with Crippen LogP contribution < -0.4 is 14.8 Å². The summed E-state index contributed by atoms with van der Waals surface area (Å²) in [5.74, 6) is 0.821. The summed E-state index contributed by atoms with van der Waals surface area (Å²) >= 11 is 0. The molecule has 2 aromatic carbocycles. The number of nitrogens with one attached hydrogen (secondary N) is 2. The third-order valence-electron chi connectivity index (χ3n) is 4.50. The van der Waals surface area contributed by atoms with Crippen LogP contribution in [-0.4, -0.2) is 25.0 Å². The lowest BCUT2D eigenvalue weighted by molar-refractivity contribution is 0.102. The topological polar surface area (TPSA) is 111 Å². The monoisotopic (exact) mass is 457 g/mol. The normalized spacial score (nSPS) is 11.9. The molecular weight excluding hydrogens is 430 g/mol. The Bertz CT molecular complexity index is 1210. The van der Waals surface area contributed by atoms with Gasteiger partial charge in [-0.05, 0) is 71.0 Å².